The number of carbonyl (C=O) groups excluding carboxylic acids is 1. The minimum Gasteiger partial charge on any atom is -0.295 e. The van der Waals surface area contributed by atoms with Crippen LogP contribution in [-0.4, -0.2) is 20.5 Å². The van der Waals surface area contributed by atoms with Gasteiger partial charge in [-0.05, 0) is 31.2 Å². The molecular weight excluding hydrogens is 238 g/mol. The van der Waals surface area contributed by atoms with E-state index in [-0.39, 0.29) is 5.78 Å². The molecule has 1 aromatic rings. The van der Waals surface area contributed by atoms with Crippen molar-refractivity contribution in [2.75, 3.05) is 10.1 Å². The Kier molecular flexibility index (Phi) is 3.36. The fourth-order valence-electron chi connectivity index (χ4n) is 1.00. The van der Waals surface area contributed by atoms with E-state index in [0.29, 0.717) is 15.1 Å². The third-order valence-corrected chi connectivity index (χ3v) is 3.51. The fourth-order valence-corrected chi connectivity index (χ4v) is 1.62. The van der Waals surface area contributed by atoms with Crippen LogP contribution in [0.4, 0.5) is 5.69 Å². The second kappa shape index (κ2) is 4.20. The number of anilines is 1. The van der Waals surface area contributed by atoms with Gasteiger partial charge in [0.1, 0.15) is 0 Å². The summed E-state index contributed by atoms with van der Waals surface area (Å²) in [7, 11) is -3.48. The molecule has 0 amide bonds. The van der Waals surface area contributed by atoms with Gasteiger partial charge in [-0.2, -0.15) is 3.82 Å². The van der Waals surface area contributed by atoms with Gasteiger partial charge in [-0.1, -0.05) is 0 Å². The van der Waals surface area contributed by atoms with Gasteiger partial charge in [-0.3, -0.25) is 4.79 Å². The van der Waals surface area contributed by atoms with E-state index in [4.69, 9.17) is 11.8 Å². The van der Waals surface area contributed by atoms with Crippen LogP contribution in [0, 0.1) is 0 Å². The van der Waals surface area contributed by atoms with Gasteiger partial charge in [0.15, 0.2) is 5.78 Å². The molecule has 0 fully saturated rings. The molecule has 4 nitrogen and oxygen atoms in total. The lowest BCUT2D eigenvalue weighted by atomic mass is 10.1. The first-order valence-electron chi connectivity index (χ1n) is 4.09. The number of halogens is 1. The van der Waals surface area contributed by atoms with Crippen LogP contribution in [0.25, 0.3) is 0 Å². The Balaban J connectivity index is 3.05. The van der Waals surface area contributed by atoms with Crippen molar-refractivity contribution in [1.82, 2.24) is 0 Å². The fraction of sp³-hybridized carbons (Fsp3) is 0.222. The maximum absolute atomic E-state index is 11.1. The molecule has 0 aliphatic heterocycles. The standard InChI is InChI=1S/C9H10ClNO3S/c1-7(12)8-3-5-9(6-4-8)11(10)15(2,13)14/h3-6H,1-2H3. The maximum atomic E-state index is 11.1. The van der Waals surface area contributed by atoms with Crippen molar-refractivity contribution in [2.24, 2.45) is 0 Å². The van der Waals surface area contributed by atoms with Gasteiger partial charge in [0.05, 0.1) is 11.9 Å². The molecule has 0 saturated carbocycles. The summed E-state index contributed by atoms with van der Waals surface area (Å²) in [5.74, 6) is -0.0815. The van der Waals surface area contributed by atoms with E-state index < -0.39 is 10.0 Å². The Labute approximate surface area is 93.6 Å². The Morgan fingerprint density at radius 2 is 1.73 bits per heavy atom. The predicted octanol–water partition coefficient (Wildman–Crippen LogP) is 1.81. The van der Waals surface area contributed by atoms with Crippen molar-refractivity contribution in [3.8, 4) is 0 Å². The Bertz CT molecular complexity index is 467. The maximum Gasteiger partial charge on any atom is 0.246 e. The van der Waals surface area contributed by atoms with Gasteiger partial charge in [-0.25, -0.2) is 8.42 Å². The molecule has 0 spiro atoms. The number of nitrogens with zero attached hydrogens (tertiary/aromatic N) is 1. The lowest BCUT2D eigenvalue weighted by Gasteiger charge is -2.12. The molecule has 0 N–H and O–H groups in total. The van der Waals surface area contributed by atoms with Crippen LogP contribution in [0.3, 0.4) is 0 Å². The average Bonchev–Trinajstić information content (AvgIpc) is 2.15. The summed E-state index contributed by atoms with van der Waals surface area (Å²) in [5.41, 5.74) is 0.821. The number of sulfonamides is 1. The lowest BCUT2D eigenvalue weighted by Crippen LogP contribution is -2.18. The monoisotopic (exact) mass is 247 g/mol. The summed E-state index contributed by atoms with van der Waals surface area (Å²) < 4.78 is 22.8. The summed E-state index contributed by atoms with van der Waals surface area (Å²) >= 11 is 5.57. The third-order valence-electron chi connectivity index (χ3n) is 1.77. The predicted molar refractivity (Wildman–Crippen MR) is 59.6 cm³/mol. The summed E-state index contributed by atoms with van der Waals surface area (Å²) in [4.78, 5) is 11.0. The van der Waals surface area contributed by atoms with E-state index >= 15 is 0 Å². The Morgan fingerprint density at radius 1 is 1.27 bits per heavy atom. The molecule has 0 bridgehead atoms. The average molecular weight is 248 g/mol. The van der Waals surface area contributed by atoms with E-state index in [1.54, 1.807) is 0 Å². The third kappa shape index (κ3) is 2.94. The number of benzene rings is 1. The van der Waals surface area contributed by atoms with Crippen molar-refractivity contribution in [2.45, 2.75) is 6.92 Å². The lowest BCUT2D eigenvalue weighted by molar-refractivity contribution is 0.101. The van der Waals surface area contributed by atoms with Gasteiger partial charge >= 0.3 is 0 Å². The summed E-state index contributed by atoms with van der Waals surface area (Å²) in [6.45, 7) is 1.43. The van der Waals surface area contributed by atoms with Gasteiger partial charge < -0.3 is 0 Å². The highest BCUT2D eigenvalue weighted by molar-refractivity contribution is 7.93. The van der Waals surface area contributed by atoms with Gasteiger partial charge in [0.2, 0.25) is 10.0 Å². The molecule has 0 atom stereocenters. The number of rotatable bonds is 3. The largest absolute Gasteiger partial charge is 0.295 e. The van der Waals surface area contributed by atoms with E-state index in [2.05, 4.69) is 0 Å². The molecule has 1 aromatic carbocycles. The smallest absolute Gasteiger partial charge is 0.246 e. The topological polar surface area (TPSA) is 54.5 Å². The molecule has 0 aliphatic rings. The zero-order chi connectivity index (χ0) is 11.6. The Hall–Kier alpha value is -1.07. The number of hydrogen-bond acceptors (Lipinski definition) is 3. The summed E-state index contributed by atoms with van der Waals surface area (Å²) in [5, 5.41) is 0. The van der Waals surface area contributed by atoms with Crippen LogP contribution in [0.2, 0.25) is 0 Å². The van der Waals surface area contributed by atoms with E-state index in [1.165, 1.54) is 31.2 Å². The van der Waals surface area contributed by atoms with Crippen molar-refractivity contribution >= 4 is 33.3 Å². The zero-order valence-electron chi connectivity index (χ0n) is 8.27. The number of hydrogen-bond donors (Lipinski definition) is 0. The molecular formula is C9H10ClNO3S. The molecule has 15 heavy (non-hydrogen) atoms. The van der Waals surface area contributed by atoms with E-state index in [9.17, 15) is 13.2 Å². The van der Waals surface area contributed by atoms with Crippen LogP contribution in [0.1, 0.15) is 17.3 Å². The van der Waals surface area contributed by atoms with Crippen LogP contribution in [0.5, 0.6) is 0 Å². The first kappa shape index (κ1) is 12.0. The first-order chi connectivity index (χ1) is 6.82. The molecule has 0 saturated heterocycles. The number of ketones is 1. The highest BCUT2D eigenvalue weighted by Crippen LogP contribution is 2.20. The molecule has 0 unspecified atom stereocenters. The van der Waals surface area contributed by atoms with E-state index in [1.807, 2.05) is 0 Å². The second-order valence-electron chi connectivity index (χ2n) is 3.08. The highest BCUT2D eigenvalue weighted by Gasteiger charge is 2.14. The molecule has 0 aromatic heterocycles. The minimum atomic E-state index is -3.48. The summed E-state index contributed by atoms with van der Waals surface area (Å²) in [6, 6.07) is 6.01. The molecule has 1 rings (SSSR count). The van der Waals surface area contributed by atoms with Gasteiger partial charge in [0.25, 0.3) is 0 Å². The van der Waals surface area contributed by atoms with Crippen LogP contribution >= 0.6 is 11.8 Å². The SMILES string of the molecule is CC(=O)c1ccc(N(Cl)S(C)(=O)=O)cc1. The molecule has 6 heteroatoms. The van der Waals surface area contributed by atoms with E-state index in [0.717, 1.165) is 6.26 Å². The number of carbonyl (C=O) groups is 1. The normalized spacial score (nSPS) is 11.1. The molecule has 82 valence electrons. The van der Waals surface area contributed by atoms with Crippen LogP contribution in [0.15, 0.2) is 24.3 Å². The van der Waals surface area contributed by atoms with Gasteiger partial charge in [-0.15, -0.1) is 0 Å². The van der Waals surface area contributed by atoms with Crippen molar-refractivity contribution in [1.29, 1.82) is 0 Å². The van der Waals surface area contributed by atoms with Gasteiger partial charge in [0, 0.05) is 17.3 Å². The van der Waals surface area contributed by atoms with Crippen molar-refractivity contribution in [3.05, 3.63) is 29.8 Å². The number of Topliss-reactive ketones (excluding diaryl/α,β-unsaturated/α-hetero) is 1. The summed E-state index contributed by atoms with van der Waals surface area (Å²) in [6.07, 6.45) is 0.999. The first-order valence-corrected chi connectivity index (χ1v) is 6.28. The van der Waals surface area contributed by atoms with Crippen molar-refractivity contribution < 1.29 is 13.2 Å². The molecule has 0 aliphatic carbocycles. The second-order valence-corrected chi connectivity index (χ2v) is 5.45. The molecule has 0 heterocycles. The van der Waals surface area contributed by atoms with Crippen LogP contribution < -0.4 is 3.82 Å². The zero-order valence-corrected chi connectivity index (χ0v) is 9.84. The Morgan fingerprint density at radius 3 is 2.07 bits per heavy atom. The van der Waals surface area contributed by atoms with Crippen LogP contribution in [-0.2, 0) is 10.0 Å². The van der Waals surface area contributed by atoms with Crippen molar-refractivity contribution in [3.63, 3.8) is 0 Å². The quantitative estimate of drug-likeness (QED) is 0.605. The minimum absolute atomic E-state index is 0.0815. The highest BCUT2D eigenvalue weighted by atomic mass is 35.5. The molecule has 0 radical (unpaired) electrons.